The van der Waals surface area contributed by atoms with Crippen LogP contribution >= 0.6 is 0 Å². The zero-order valence-corrected chi connectivity index (χ0v) is 16.3. The van der Waals surface area contributed by atoms with Crippen molar-refractivity contribution in [3.8, 4) is 0 Å². The number of amides is 1. The SMILES string of the molecule is O=C(NCC(c1ccccc1F)N1CCCC1)C1(N2CCCC2)CCCC1. The molecular weight excluding hydrogens is 341 g/mol. The van der Waals surface area contributed by atoms with E-state index < -0.39 is 0 Å². The normalized spacial score (nSPS) is 24.3. The fraction of sp³-hybridized carbons (Fsp3) is 0.682. The Morgan fingerprint density at radius 3 is 2.30 bits per heavy atom. The number of carbonyl (C=O) groups excluding carboxylic acids is 1. The van der Waals surface area contributed by atoms with Crippen molar-refractivity contribution in [3.05, 3.63) is 35.6 Å². The van der Waals surface area contributed by atoms with Crippen molar-refractivity contribution < 1.29 is 9.18 Å². The molecule has 1 aliphatic carbocycles. The van der Waals surface area contributed by atoms with E-state index >= 15 is 0 Å². The second-order valence-corrected chi connectivity index (χ2v) is 8.42. The van der Waals surface area contributed by atoms with E-state index in [0.29, 0.717) is 12.1 Å². The Hall–Kier alpha value is -1.46. The van der Waals surface area contributed by atoms with Gasteiger partial charge in [0, 0.05) is 12.1 Å². The van der Waals surface area contributed by atoms with Crippen LogP contribution in [-0.4, -0.2) is 54.0 Å². The van der Waals surface area contributed by atoms with Crippen LogP contribution < -0.4 is 5.32 Å². The van der Waals surface area contributed by atoms with Gasteiger partial charge in [-0.1, -0.05) is 31.0 Å². The van der Waals surface area contributed by atoms with Crippen molar-refractivity contribution in [2.75, 3.05) is 32.7 Å². The fourth-order valence-corrected chi connectivity index (χ4v) is 5.38. The van der Waals surface area contributed by atoms with Crippen LogP contribution in [0.4, 0.5) is 4.39 Å². The second-order valence-electron chi connectivity index (χ2n) is 8.42. The van der Waals surface area contributed by atoms with Crippen LogP contribution in [0, 0.1) is 5.82 Å². The zero-order chi connectivity index (χ0) is 18.7. The van der Waals surface area contributed by atoms with E-state index in [1.807, 2.05) is 12.1 Å². The van der Waals surface area contributed by atoms with Crippen LogP contribution in [0.5, 0.6) is 0 Å². The molecule has 2 aliphatic heterocycles. The highest BCUT2D eigenvalue weighted by Gasteiger charge is 2.46. The summed E-state index contributed by atoms with van der Waals surface area (Å²) in [6.45, 7) is 4.53. The quantitative estimate of drug-likeness (QED) is 0.829. The molecule has 4 nitrogen and oxygen atoms in total. The lowest BCUT2D eigenvalue weighted by Crippen LogP contribution is -2.57. The average molecular weight is 374 g/mol. The molecule has 1 amide bonds. The molecule has 0 aromatic heterocycles. The summed E-state index contributed by atoms with van der Waals surface area (Å²) in [5, 5.41) is 3.26. The number of carbonyl (C=O) groups is 1. The summed E-state index contributed by atoms with van der Waals surface area (Å²) in [7, 11) is 0. The van der Waals surface area contributed by atoms with E-state index in [-0.39, 0.29) is 23.3 Å². The minimum atomic E-state index is -0.318. The van der Waals surface area contributed by atoms with Gasteiger partial charge in [0.05, 0.1) is 6.04 Å². The van der Waals surface area contributed by atoms with Gasteiger partial charge in [-0.2, -0.15) is 0 Å². The van der Waals surface area contributed by atoms with Gasteiger partial charge in [-0.25, -0.2) is 4.39 Å². The highest BCUT2D eigenvalue weighted by Crippen LogP contribution is 2.38. The lowest BCUT2D eigenvalue weighted by atomic mass is 9.93. The molecule has 2 saturated heterocycles. The number of rotatable bonds is 6. The summed E-state index contributed by atoms with van der Waals surface area (Å²) in [6.07, 6.45) is 8.88. The Bertz CT molecular complexity index is 647. The van der Waals surface area contributed by atoms with Crippen LogP contribution in [-0.2, 0) is 4.79 Å². The molecule has 0 bridgehead atoms. The zero-order valence-electron chi connectivity index (χ0n) is 16.3. The summed E-state index contributed by atoms with van der Waals surface area (Å²) < 4.78 is 14.5. The number of nitrogens with zero attached hydrogens (tertiary/aromatic N) is 2. The van der Waals surface area contributed by atoms with Crippen molar-refractivity contribution in [1.82, 2.24) is 15.1 Å². The third-order valence-corrected chi connectivity index (χ3v) is 6.87. The molecular formula is C22H32FN3O. The Balaban J connectivity index is 1.50. The molecule has 1 aromatic carbocycles. The van der Waals surface area contributed by atoms with E-state index in [2.05, 4.69) is 15.1 Å². The van der Waals surface area contributed by atoms with Crippen molar-refractivity contribution >= 4 is 5.91 Å². The molecule has 0 radical (unpaired) electrons. The van der Waals surface area contributed by atoms with Crippen molar-refractivity contribution in [1.29, 1.82) is 0 Å². The van der Waals surface area contributed by atoms with Gasteiger partial charge >= 0.3 is 0 Å². The highest BCUT2D eigenvalue weighted by atomic mass is 19.1. The lowest BCUT2D eigenvalue weighted by molar-refractivity contribution is -0.133. The second kappa shape index (κ2) is 8.27. The Kier molecular flexibility index (Phi) is 5.79. The first kappa shape index (κ1) is 18.9. The van der Waals surface area contributed by atoms with Crippen molar-refractivity contribution in [2.45, 2.75) is 62.9 Å². The Morgan fingerprint density at radius 2 is 1.63 bits per heavy atom. The van der Waals surface area contributed by atoms with Gasteiger partial charge in [0.15, 0.2) is 0 Å². The maximum Gasteiger partial charge on any atom is 0.240 e. The maximum absolute atomic E-state index is 14.5. The number of benzene rings is 1. The predicted molar refractivity (Wildman–Crippen MR) is 105 cm³/mol. The summed E-state index contributed by atoms with van der Waals surface area (Å²) in [5.74, 6) is 0.00112. The predicted octanol–water partition coefficient (Wildman–Crippen LogP) is 3.49. The van der Waals surface area contributed by atoms with Crippen LogP contribution in [0.15, 0.2) is 24.3 Å². The van der Waals surface area contributed by atoms with Gasteiger partial charge in [-0.15, -0.1) is 0 Å². The Labute approximate surface area is 162 Å². The van der Waals surface area contributed by atoms with Gasteiger partial charge in [0.2, 0.25) is 5.91 Å². The van der Waals surface area contributed by atoms with E-state index in [1.54, 1.807) is 6.07 Å². The largest absolute Gasteiger partial charge is 0.353 e. The van der Waals surface area contributed by atoms with Crippen molar-refractivity contribution in [3.63, 3.8) is 0 Å². The van der Waals surface area contributed by atoms with Crippen LogP contribution in [0.3, 0.4) is 0 Å². The summed E-state index contributed by atoms with van der Waals surface area (Å²) in [6, 6.07) is 6.96. The number of hydrogen-bond donors (Lipinski definition) is 1. The van der Waals surface area contributed by atoms with E-state index in [9.17, 15) is 9.18 Å². The molecule has 27 heavy (non-hydrogen) atoms. The molecule has 3 fully saturated rings. The third-order valence-electron chi connectivity index (χ3n) is 6.87. The highest BCUT2D eigenvalue weighted by molar-refractivity contribution is 5.86. The van der Waals surface area contributed by atoms with E-state index in [0.717, 1.165) is 64.7 Å². The number of hydrogen-bond acceptors (Lipinski definition) is 3. The standard InChI is InChI=1S/C22H32FN3O/c23-19-10-2-1-9-18(19)20(25-13-5-6-14-25)17-24-21(27)22(11-3-4-12-22)26-15-7-8-16-26/h1-2,9-10,20H,3-8,11-17H2,(H,24,27). The fourth-order valence-electron chi connectivity index (χ4n) is 5.38. The molecule has 5 heteroatoms. The maximum atomic E-state index is 14.5. The molecule has 4 rings (SSSR count). The number of nitrogens with one attached hydrogen (secondary N) is 1. The molecule has 148 valence electrons. The Morgan fingerprint density at radius 1 is 1.00 bits per heavy atom. The summed E-state index contributed by atoms with van der Waals surface area (Å²) in [4.78, 5) is 18.1. The summed E-state index contributed by atoms with van der Waals surface area (Å²) >= 11 is 0. The monoisotopic (exact) mass is 373 g/mol. The molecule has 2 heterocycles. The van der Waals surface area contributed by atoms with Crippen LogP contribution in [0.25, 0.3) is 0 Å². The topological polar surface area (TPSA) is 35.6 Å². The first-order chi connectivity index (χ1) is 13.2. The first-order valence-corrected chi connectivity index (χ1v) is 10.7. The van der Waals surface area contributed by atoms with Gasteiger partial charge in [0.1, 0.15) is 11.4 Å². The molecule has 1 saturated carbocycles. The van der Waals surface area contributed by atoms with E-state index in [4.69, 9.17) is 0 Å². The minimum absolute atomic E-state index is 0.0744. The van der Waals surface area contributed by atoms with Crippen LogP contribution in [0.1, 0.15) is 63.0 Å². The van der Waals surface area contributed by atoms with E-state index in [1.165, 1.54) is 18.9 Å². The molecule has 1 unspecified atom stereocenters. The molecule has 0 spiro atoms. The lowest BCUT2D eigenvalue weighted by Gasteiger charge is -2.38. The van der Waals surface area contributed by atoms with Gasteiger partial charge < -0.3 is 5.32 Å². The number of likely N-dealkylation sites (tertiary alicyclic amines) is 2. The number of halogens is 1. The molecule has 1 aromatic rings. The molecule has 3 aliphatic rings. The van der Waals surface area contributed by atoms with Crippen LogP contribution in [0.2, 0.25) is 0 Å². The van der Waals surface area contributed by atoms with Gasteiger partial charge in [0.25, 0.3) is 0 Å². The molecule has 1 N–H and O–H groups in total. The first-order valence-electron chi connectivity index (χ1n) is 10.7. The molecule has 1 atom stereocenters. The smallest absolute Gasteiger partial charge is 0.240 e. The average Bonchev–Trinajstić information content (AvgIpc) is 3.44. The third kappa shape index (κ3) is 3.77. The van der Waals surface area contributed by atoms with Crippen molar-refractivity contribution in [2.24, 2.45) is 0 Å². The van der Waals surface area contributed by atoms with Gasteiger partial charge in [-0.05, 0) is 70.8 Å². The minimum Gasteiger partial charge on any atom is -0.353 e. The van der Waals surface area contributed by atoms with Gasteiger partial charge in [-0.3, -0.25) is 14.6 Å². The summed E-state index contributed by atoms with van der Waals surface area (Å²) in [5.41, 5.74) is 0.391.